The SMILES string of the molecule is CNS.Cc1nc2cc(-c3ccc(C4CC(Oc5ccccc5)CC(C(=O)Nc5ccc(C(F)(F)F)cc5F)[C@@H]4C)cc3)ccc2n1C.O=CO. The number of ether oxygens (including phenoxy) is 1. The van der Waals surface area contributed by atoms with E-state index < -0.39 is 29.4 Å². The van der Waals surface area contributed by atoms with Crippen LogP contribution in [0.5, 0.6) is 5.75 Å². The Bertz CT molecular complexity index is 1920. The number of rotatable bonds is 6. The molecule has 4 atom stereocenters. The van der Waals surface area contributed by atoms with Crippen molar-refractivity contribution in [2.45, 2.75) is 44.9 Å². The Balaban J connectivity index is 0.000000909. The highest BCUT2D eigenvalue weighted by atomic mass is 32.1. The predicted octanol–water partition coefficient (Wildman–Crippen LogP) is 8.67. The largest absolute Gasteiger partial charge is 0.490 e. The number of hydrogen-bond donors (Lipinski definition) is 4. The van der Waals surface area contributed by atoms with E-state index in [4.69, 9.17) is 14.6 Å². The van der Waals surface area contributed by atoms with E-state index in [1.165, 1.54) is 0 Å². The van der Waals surface area contributed by atoms with Gasteiger partial charge in [-0.3, -0.25) is 14.3 Å². The predicted molar refractivity (Wildman–Crippen MR) is 193 cm³/mol. The van der Waals surface area contributed by atoms with Crippen LogP contribution in [0.4, 0.5) is 23.2 Å². The van der Waals surface area contributed by atoms with Crippen LogP contribution in [0.3, 0.4) is 0 Å². The Morgan fingerprint density at radius 1 is 1.00 bits per heavy atom. The van der Waals surface area contributed by atoms with E-state index in [9.17, 15) is 22.4 Å². The van der Waals surface area contributed by atoms with E-state index in [0.717, 1.165) is 45.7 Å². The van der Waals surface area contributed by atoms with Crippen LogP contribution in [0.25, 0.3) is 22.2 Å². The molecule has 3 N–H and O–H groups in total. The van der Waals surface area contributed by atoms with Gasteiger partial charge in [0.15, 0.2) is 0 Å². The van der Waals surface area contributed by atoms with Crippen molar-refractivity contribution in [3.8, 4) is 16.9 Å². The van der Waals surface area contributed by atoms with Gasteiger partial charge in [-0.1, -0.05) is 68.3 Å². The van der Waals surface area contributed by atoms with Gasteiger partial charge >= 0.3 is 6.18 Å². The van der Waals surface area contributed by atoms with Crippen LogP contribution in [0, 0.1) is 24.6 Å². The summed E-state index contributed by atoms with van der Waals surface area (Å²) in [6, 6.07) is 26.0. The third-order valence-electron chi connectivity index (χ3n) is 9.02. The molecule has 51 heavy (non-hydrogen) atoms. The number of benzene rings is 4. The number of carboxylic acid groups (broad SMARTS) is 1. The number of para-hydroxylation sites is 1. The van der Waals surface area contributed by atoms with Gasteiger partial charge in [-0.05, 0) is 97.8 Å². The molecule has 13 heteroatoms. The van der Waals surface area contributed by atoms with Crippen molar-refractivity contribution in [3.63, 3.8) is 0 Å². The summed E-state index contributed by atoms with van der Waals surface area (Å²) in [5.74, 6) is -0.760. The number of carbonyl (C=O) groups is 2. The number of amides is 1. The average Bonchev–Trinajstić information content (AvgIpc) is 3.39. The highest BCUT2D eigenvalue weighted by Crippen LogP contribution is 2.44. The standard InChI is InChI=1S/C36H33F4N3O2.CH5NS.CH2O2/c1-21-29(24-11-9-23(10-12-24)25-13-16-34-33(17-25)41-22(2)43(34)3)19-28(45-27-7-5-4-6-8-27)20-30(21)35(44)42-32-15-14-26(18-31(32)37)36(38,39)40;1-2-3;2-1-3/h4-18,21,28-30H,19-20H2,1-3H3,(H,42,44);2-3H,1H3;1H,(H,2,3)/t21-,28?,29?,30?;;/m1../s1. The molecule has 270 valence electrons. The lowest BCUT2D eigenvalue weighted by molar-refractivity contribution is -0.137. The number of nitrogens with one attached hydrogen (secondary N) is 2. The molecule has 0 radical (unpaired) electrons. The smallest absolute Gasteiger partial charge is 0.416 e. The van der Waals surface area contributed by atoms with Gasteiger partial charge in [0.2, 0.25) is 5.91 Å². The number of aryl methyl sites for hydroxylation is 2. The molecule has 1 fully saturated rings. The first-order chi connectivity index (χ1) is 24.3. The number of alkyl halides is 3. The number of imidazole rings is 1. The van der Waals surface area contributed by atoms with Crippen molar-refractivity contribution in [2.24, 2.45) is 18.9 Å². The van der Waals surface area contributed by atoms with E-state index in [-0.39, 0.29) is 30.1 Å². The molecule has 0 aliphatic heterocycles. The van der Waals surface area contributed by atoms with Gasteiger partial charge in [-0.15, -0.1) is 0 Å². The fourth-order valence-corrected chi connectivity index (χ4v) is 6.39. The third kappa shape index (κ3) is 9.67. The highest BCUT2D eigenvalue weighted by molar-refractivity contribution is 7.78. The van der Waals surface area contributed by atoms with Crippen LogP contribution >= 0.6 is 12.8 Å². The van der Waals surface area contributed by atoms with Crippen molar-refractivity contribution >= 4 is 41.9 Å². The summed E-state index contributed by atoms with van der Waals surface area (Å²) in [6.45, 7) is 3.71. The summed E-state index contributed by atoms with van der Waals surface area (Å²) in [5.41, 5.74) is 3.72. The van der Waals surface area contributed by atoms with Crippen LogP contribution in [0.1, 0.15) is 42.6 Å². The fraction of sp³-hybridized carbons (Fsp3) is 0.289. The lowest BCUT2D eigenvalue weighted by Crippen LogP contribution is -2.41. The fourth-order valence-electron chi connectivity index (χ4n) is 6.39. The molecular weight excluding hydrogens is 685 g/mol. The summed E-state index contributed by atoms with van der Waals surface area (Å²) >= 11 is 3.54. The topological polar surface area (TPSA) is 105 Å². The van der Waals surface area contributed by atoms with E-state index in [1.54, 1.807) is 7.05 Å². The number of fused-ring (bicyclic) bond motifs is 1. The summed E-state index contributed by atoms with van der Waals surface area (Å²) in [4.78, 5) is 26.6. The van der Waals surface area contributed by atoms with Gasteiger partial charge in [0.05, 0.1) is 22.3 Å². The Labute approximate surface area is 299 Å². The summed E-state index contributed by atoms with van der Waals surface area (Å²) in [6.07, 6.45) is -3.96. The molecule has 1 aromatic heterocycles. The van der Waals surface area contributed by atoms with Crippen molar-refractivity contribution in [1.82, 2.24) is 14.3 Å². The molecular formula is C38H40F4N4O4S. The molecule has 1 heterocycles. The molecule has 1 amide bonds. The zero-order chi connectivity index (χ0) is 37.3. The molecule has 4 aromatic carbocycles. The van der Waals surface area contributed by atoms with E-state index in [0.29, 0.717) is 24.7 Å². The van der Waals surface area contributed by atoms with Gasteiger partial charge in [-0.25, -0.2) is 9.37 Å². The number of anilines is 1. The monoisotopic (exact) mass is 724 g/mol. The number of nitrogens with zero attached hydrogens (tertiary/aromatic N) is 2. The van der Waals surface area contributed by atoms with Crippen molar-refractivity contribution in [3.05, 3.63) is 114 Å². The maximum Gasteiger partial charge on any atom is 0.416 e. The summed E-state index contributed by atoms with van der Waals surface area (Å²) in [7, 11) is 3.73. The van der Waals surface area contributed by atoms with Gasteiger partial charge in [0.25, 0.3) is 6.47 Å². The van der Waals surface area contributed by atoms with E-state index >= 15 is 0 Å². The molecule has 0 spiro atoms. The zero-order valence-corrected chi connectivity index (χ0v) is 29.4. The molecule has 8 nitrogen and oxygen atoms in total. The molecule has 3 unspecified atom stereocenters. The Kier molecular flexibility index (Phi) is 13.2. The Hall–Kier alpha value is -4.88. The number of hydrogen-bond acceptors (Lipinski definition) is 6. The lowest BCUT2D eigenvalue weighted by atomic mass is 9.68. The van der Waals surface area contributed by atoms with Gasteiger partial charge in [-0.2, -0.15) is 13.2 Å². The van der Waals surface area contributed by atoms with Gasteiger partial charge in [0, 0.05) is 13.0 Å². The zero-order valence-electron chi connectivity index (χ0n) is 28.5. The van der Waals surface area contributed by atoms with E-state index in [1.807, 2.05) is 51.2 Å². The molecule has 1 aliphatic rings. The van der Waals surface area contributed by atoms with Crippen LogP contribution in [0.15, 0.2) is 91.0 Å². The Morgan fingerprint density at radius 2 is 1.63 bits per heavy atom. The first-order valence-corrected chi connectivity index (χ1v) is 16.6. The van der Waals surface area contributed by atoms with Crippen LogP contribution < -0.4 is 14.8 Å². The van der Waals surface area contributed by atoms with Gasteiger partial charge < -0.3 is 19.7 Å². The molecule has 1 saturated carbocycles. The first kappa shape index (κ1) is 38.9. The minimum Gasteiger partial charge on any atom is -0.490 e. The van der Waals surface area contributed by atoms with Crippen molar-refractivity contribution in [1.29, 1.82) is 0 Å². The number of carbonyl (C=O) groups excluding carboxylic acids is 1. The molecule has 1 aliphatic carbocycles. The van der Waals surface area contributed by atoms with Crippen LogP contribution in [-0.4, -0.2) is 40.2 Å². The van der Waals surface area contributed by atoms with Crippen LogP contribution in [0.2, 0.25) is 0 Å². The second-order valence-electron chi connectivity index (χ2n) is 12.2. The van der Waals surface area contributed by atoms with Crippen LogP contribution in [-0.2, 0) is 22.8 Å². The maximum absolute atomic E-state index is 14.7. The van der Waals surface area contributed by atoms with Crippen molar-refractivity contribution < 1.29 is 37.0 Å². The summed E-state index contributed by atoms with van der Waals surface area (Å²) < 4.78 is 64.6. The minimum absolute atomic E-state index is 0.0596. The third-order valence-corrected chi connectivity index (χ3v) is 9.02. The second-order valence-corrected chi connectivity index (χ2v) is 12.6. The van der Waals surface area contributed by atoms with E-state index in [2.05, 4.69) is 74.9 Å². The first-order valence-electron chi connectivity index (χ1n) is 16.1. The molecule has 0 bridgehead atoms. The number of thiol groups is 1. The molecule has 5 aromatic rings. The maximum atomic E-state index is 14.7. The minimum atomic E-state index is -4.68. The highest BCUT2D eigenvalue weighted by Gasteiger charge is 2.41. The molecule has 6 rings (SSSR count). The normalized spacial score (nSPS) is 18.5. The van der Waals surface area contributed by atoms with Crippen molar-refractivity contribution in [2.75, 3.05) is 12.4 Å². The number of aromatic nitrogens is 2. The van der Waals surface area contributed by atoms with Gasteiger partial charge in [0.1, 0.15) is 23.5 Å². The Morgan fingerprint density at radius 3 is 2.24 bits per heavy atom. The summed E-state index contributed by atoms with van der Waals surface area (Å²) in [5, 5.41) is 9.44. The molecule has 0 saturated heterocycles. The second kappa shape index (κ2) is 17.4. The number of halogens is 4. The average molecular weight is 725 g/mol. The lowest BCUT2D eigenvalue weighted by Gasteiger charge is -2.40. The quantitative estimate of drug-likeness (QED) is 0.0794.